The summed E-state index contributed by atoms with van der Waals surface area (Å²) < 4.78 is 0. The predicted molar refractivity (Wildman–Crippen MR) is 75.3 cm³/mol. The van der Waals surface area contributed by atoms with Crippen LogP contribution >= 0.6 is 0 Å². The van der Waals surface area contributed by atoms with Crippen molar-refractivity contribution < 1.29 is 9.59 Å². The second-order valence-corrected chi connectivity index (χ2v) is 4.53. The van der Waals surface area contributed by atoms with Gasteiger partial charge < -0.3 is 11.1 Å². The highest BCUT2D eigenvalue weighted by atomic mass is 16.2. The normalized spacial score (nSPS) is 11.8. The molecule has 19 heavy (non-hydrogen) atoms. The molecule has 0 heterocycles. The van der Waals surface area contributed by atoms with Gasteiger partial charge in [0.15, 0.2) is 0 Å². The van der Waals surface area contributed by atoms with Gasteiger partial charge in [-0.15, -0.1) is 0 Å². The largest absolute Gasteiger partial charge is 0.345 e. The zero-order chi connectivity index (χ0) is 13.9. The Morgan fingerprint density at radius 1 is 1.21 bits per heavy atom. The molecule has 103 valence electrons. The Kier molecular flexibility index (Phi) is 7.51. The Morgan fingerprint density at radius 3 is 2.58 bits per heavy atom. The van der Waals surface area contributed by atoms with Crippen LogP contribution in [0.3, 0.4) is 0 Å². The van der Waals surface area contributed by atoms with Crippen LogP contribution in [0.5, 0.6) is 0 Å². The van der Waals surface area contributed by atoms with E-state index in [1.165, 1.54) is 0 Å². The highest BCUT2D eigenvalue weighted by Crippen LogP contribution is 2.03. The van der Waals surface area contributed by atoms with Gasteiger partial charge in [0.25, 0.3) is 0 Å². The van der Waals surface area contributed by atoms with Crippen LogP contribution in [0.2, 0.25) is 0 Å². The molecule has 0 spiro atoms. The van der Waals surface area contributed by atoms with Crippen molar-refractivity contribution >= 4 is 12.2 Å². The lowest BCUT2D eigenvalue weighted by atomic mass is 10.1. The van der Waals surface area contributed by atoms with Gasteiger partial charge in [0, 0.05) is 12.8 Å². The third kappa shape index (κ3) is 6.72. The van der Waals surface area contributed by atoms with E-state index in [-0.39, 0.29) is 5.91 Å². The van der Waals surface area contributed by atoms with Gasteiger partial charge in [0.05, 0.1) is 6.04 Å². The number of carbonyl (C=O) groups is 1. The summed E-state index contributed by atoms with van der Waals surface area (Å²) in [7, 11) is 0. The molecule has 1 rings (SSSR count). The Labute approximate surface area is 114 Å². The lowest BCUT2D eigenvalue weighted by Gasteiger charge is -2.12. The molecule has 1 radical (unpaired) electrons. The number of hydrogen-bond donors (Lipinski definition) is 2. The standard InChI is InChI=1S/C15H21N2O2/c16-10-6-2-5-9-15(19)17-14(12-18)11-13-7-3-1-4-8-13/h1,3-4,7-8,14H,2,5-6,9-11,16H2,(H,17,19)/t14-/m0/s1. The summed E-state index contributed by atoms with van der Waals surface area (Å²) in [5.41, 5.74) is 6.39. The fraction of sp³-hybridized carbons (Fsp3) is 0.467. The molecule has 3 N–H and O–H groups in total. The lowest BCUT2D eigenvalue weighted by Crippen LogP contribution is -2.37. The Bertz CT molecular complexity index is 379. The van der Waals surface area contributed by atoms with Crippen molar-refractivity contribution in [3.05, 3.63) is 35.9 Å². The van der Waals surface area contributed by atoms with Crippen molar-refractivity contribution in [2.24, 2.45) is 5.73 Å². The van der Waals surface area contributed by atoms with Gasteiger partial charge in [-0.25, -0.2) is 0 Å². The Morgan fingerprint density at radius 2 is 1.95 bits per heavy atom. The molecule has 0 aliphatic rings. The summed E-state index contributed by atoms with van der Waals surface area (Å²) in [5.74, 6) is -0.0960. The summed E-state index contributed by atoms with van der Waals surface area (Å²) in [5, 5.41) is 2.70. The van der Waals surface area contributed by atoms with Gasteiger partial charge in [-0.1, -0.05) is 36.8 Å². The second kappa shape index (κ2) is 9.28. The molecule has 0 saturated heterocycles. The minimum absolute atomic E-state index is 0.0960. The smallest absolute Gasteiger partial charge is 0.223 e. The summed E-state index contributed by atoms with van der Waals surface area (Å²) in [4.78, 5) is 22.5. The number of amides is 1. The van der Waals surface area contributed by atoms with Gasteiger partial charge in [-0.2, -0.15) is 0 Å². The Hall–Kier alpha value is -1.68. The zero-order valence-electron chi connectivity index (χ0n) is 11.1. The number of benzene rings is 1. The number of rotatable bonds is 9. The SMILES string of the molecule is NCCCCCC(=O)N[C@H]([C]=O)Cc1ccccc1. The molecule has 0 bridgehead atoms. The number of unbranched alkanes of at least 4 members (excludes halogenated alkanes) is 2. The molecule has 1 aromatic carbocycles. The minimum atomic E-state index is -0.565. The molecule has 4 heteroatoms. The molecule has 0 unspecified atom stereocenters. The Balaban J connectivity index is 2.31. The van der Waals surface area contributed by atoms with Crippen molar-refractivity contribution in [3.8, 4) is 0 Å². The van der Waals surface area contributed by atoms with Gasteiger partial charge in [-0.3, -0.25) is 9.59 Å². The summed E-state index contributed by atoms with van der Waals surface area (Å²) in [6.07, 6.45) is 5.48. The van der Waals surface area contributed by atoms with Gasteiger partial charge in [0.2, 0.25) is 12.2 Å². The third-order valence-corrected chi connectivity index (χ3v) is 2.87. The molecule has 0 fully saturated rings. The minimum Gasteiger partial charge on any atom is -0.345 e. The first-order valence-corrected chi connectivity index (χ1v) is 6.67. The first-order valence-electron chi connectivity index (χ1n) is 6.67. The van der Waals surface area contributed by atoms with E-state index in [0.717, 1.165) is 24.8 Å². The van der Waals surface area contributed by atoms with Crippen LogP contribution in [0.25, 0.3) is 0 Å². The van der Waals surface area contributed by atoms with E-state index >= 15 is 0 Å². The maximum Gasteiger partial charge on any atom is 0.223 e. The molecule has 1 amide bonds. The van der Waals surface area contributed by atoms with Crippen molar-refractivity contribution in [1.29, 1.82) is 0 Å². The quantitative estimate of drug-likeness (QED) is 0.659. The first kappa shape index (κ1) is 15.4. The van der Waals surface area contributed by atoms with Crippen molar-refractivity contribution in [2.75, 3.05) is 6.54 Å². The van der Waals surface area contributed by atoms with Crippen LogP contribution in [0.4, 0.5) is 0 Å². The van der Waals surface area contributed by atoms with E-state index in [1.54, 1.807) is 0 Å². The molecule has 1 atom stereocenters. The summed E-state index contributed by atoms with van der Waals surface area (Å²) >= 11 is 0. The average Bonchev–Trinajstić information content (AvgIpc) is 2.44. The fourth-order valence-corrected chi connectivity index (χ4v) is 1.85. The summed E-state index contributed by atoms with van der Waals surface area (Å²) in [6, 6.07) is 9.02. The van der Waals surface area contributed by atoms with Gasteiger partial charge in [-0.05, 0) is 24.9 Å². The zero-order valence-corrected chi connectivity index (χ0v) is 11.1. The fourth-order valence-electron chi connectivity index (χ4n) is 1.85. The molecule has 0 aromatic heterocycles. The molecular weight excluding hydrogens is 240 g/mol. The van der Waals surface area contributed by atoms with Gasteiger partial charge in [0.1, 0.15) is 0 Å². The third-order valence-electron chi connectivity index (χ3n) is 2.87. The lowest BCUT2D eigenvalue weighted by molar-refractivity contribution is -0.121. The monoisotopic (exact) mass is 261 g/mol. The van der Waals surface area contributed by atoms with E-state index in [0.29, 0.717) is 19.4 Å². The number of hydrogen-bond acceptors (Lipinski definition) is 3. The van der Waals surface area contributed by atoms with Crippen molar-refractivity contribution in [3.63, 3.8) is 0 Å². The predicted octanol–water partition coefficient (Wildman–Crippen LogP) is 1.34. The van der Waals surface area contributed by atoms with Crippen LogP contribution in [0, 0.1) is 0 Å². The van der Waals surface area contributed by atoms with Crippen LogP contribution in [-0.4, -0.2) is 24.8 Å². The van der Waals surface area contributed by atoms with Crippen molar-refractivity contribution in [1.82, 2.24) is 5.32 Å². The molecule has 0 aliphatic carbocycles. The summed E-state index contributed by atoms with van der Waals surface area (Å²) in [6.45, 7) is 0.653. The second-order valence-electron chi connectivity index (χ2n) is 4.53. The molecule has 1 aromatic rings. The molecule has 0 aliphatic heterocycles. The van der Waals surface area contributed by atoms with E-state index in [2.05, 4.69) is 5.32 Å². The topological polar surface area (TPSA) is 72.2 Å². The van der Waals surface area contributed by atoms with Crippen LogP contribution in [0.1, 0.15) is 31.2 Å². The maximum absolute atomic E-state index is 11.6. The van der Waals surface area contributed by atoms with Crippen molar-refractivity contribution in [2.45, 2.75) is 38.1 Å². The number of nitrogens with one attached hydrogen (secondary N) is 1. The molecule has 4 nitrogen and oxygen atoms in total. The highest BCUT2D eigenvalue weighted by molar-refractivity contribution is 5.79. The number of carbonyl (C=O) groups excluding carboxylic acids is 2. The maximum atomic E-state index is 11.6. The van der Waals surface area contributed by atoms with Crippen LogP contribution in [0.15, 0.2) is 30.3 Å². The highest BCUT2D eigenvalue weighted by Gasteiger charge is 2.12. The van der Waals surface area contributed by atoms with Crippen LogP contribution < -0.4 is 11.1 Å². The van der Waals surface area contributed by atoms with E-state index in [1.807, 2.05) is 36.6 Å². The van der Waals surface area contributed by atoms with Gasteiger partial charge >= 0.3 is 0 Å². The first-order chi connectivity index (χ1) is 9.26. The van der Waals surface area contributed by atoms with E-state index < -0.39 is 6.04 Å². The van der Waals surface area contributed by atoms with E-state index in [9.17, 15) is 9.59 Å². The van der Waals surface area contributed by atoms with Crippen LogP contribution in [-0.2, 0) is 16.0 Å². The average molecular weight is 261 g/mol. The molecule has 0 saturated carbocycles. The molecular formula is C15H21N2O2. The number of nitrogens with two attached hydrogens (primary N) is 1. The van der Waals surface area contributed by atoms with E-state index in [4.69, 9.17) is 5.73 Å².